The highest BCUT2D eigenvalue weighted by atomic mass is 32.2. The number of fused-ring (bicyclic) bond motifs is 2. The van der Waals surface area contributed by atoms with Crippen LogP contribution in [-0.2, 0) is 0 Å². The standard InChI is InChI=1S/C20H24FN3OS/c1-12(17-10-13-3-4-14(17)9-13)23-19(25)18-11-22-20(26-2)24(18)16-7-5-15(21)6-8-16/h5-8,11-14,17H,3-4,9-10H2,1-2H3,(H,23,25)/t12-,13-,14-,17-/m0/s1. The molecular formula is C20H24FN3OS. The fraction of sp³-hybridized carbons (Fsp3) is 0.500. The zero-order valence-electron chi connectivity index (χ0n) is 15.1. The van der Waals surface area contributed by atoms with E-state index < -0.39 is 0 Å². The number of halogens is 1. The minimum atomic E-state index is -0.296. The van der Waals surface area contributed by atoms with E-state index in [4.69, 9.17) is 0 Å². The smallest absolute Gasteiger partial charge is 0.270 e. The van der Waals surface area contributed by atoms with E-state index in [0.29, 0.717) is 16.8 Å². The molecule has 138 valence electrons. The second-order valence-corrected chi connectivity index (χ2v) is 8.32. The van der Waals surface area contributed by atoms with Gasteiger partial charge in [-0.05, 0) is 74.5 Å². The van der Waals surface area contributed by atoms with Crippen LogP contribution in [0, 0.1) is 23.6 Å². The van der Waals surface area contributed by atoms with Crippen molar-refractivity contribution in [2.24, 2.45) is 17.8 Å². The zero-order chi connectivity index (χ0) is 18.3. The number of rotatable bonds is 5. The number of aromatic nitrogens is 2. The Labute approximate surface area is 157 Å². The lowest BCUT2D eigenvalue weighted by Crippen LogP contribution is -2.40. The van der Waals surface area contributed by atoms with E-state index in [9.17, 15) is 9.18 Å². The van der Waals surface area contributed by atoms with Crippen LogP contribution in [0.2, 0.25) is 0 Å². The summed E-state index contributed by atoms with van der Waals surface area (Å²) in [5.74, 6) is 1.80. The zero-order valence-corrected chi connectivity index (χ0v) is 15.9. The molecule has 1 amide bonds. The molecule has 1 aromatic carbocycles. The molecule has 1 heterocycles. The summed E-state index contributed by atoms with van der Waals surface area (Å²) in [6, 6.07) is 6.31. The fourth-order valence-electron chi connectivity index (χ4n) is 4.77. The van der Waals surface area contributed by atoms with E-state index in [1.165, 1.54) is 49.6 Å². The second kappa shape index (κ2) is 7.06. The monoisotopic (exact) mass is 373 g/mol. The van der Waals surface area contributed by atoms with Crippen molar-refractivity contribution in [2.45, 2.75) is 43.8 Å². The first kappa shape index (κ1) is 17.6. The van der Waals surface area contributed by atoms with Crippen LogP contribution < -0.4 is 5.32 Å². The van der Waals surface area contributed by atoms with Crippen LogP contribution in [0.4, 0.5) is 4.39 Å². The number of nitrogens with one attached hydrogen (secondary N) is 1. The molecule has 4 nitrogen and oxygen atoms in total. The van der Waals surface area contributed by atoms with Crippen LogP contribution in [0.5, 0.6) is 0 Å². The Balaban J connectivity index is 1.56. The van der Waals surface area contributed by atoms with Gasteiger partial charge in [0, 0.05) is 11.7 Å². The molecule has 2 aliphatic carbocycles. The highest BCUT2D eigenvalue weighted by Crippen LogP contribution is 2.49. The molecule has 26 heavy (non-hydrogen) atoms. The summed E-state index contributed by atoms with van der Waals surface area (Å²) in [4.78, 5) is 17.3. The number of hydrogen-bond acceptors (Lipinski definition) is 3. The summed E-state index contributed by atoms with van der Waals surface area (Å²) >= 11 is 1.46. The molecule has 2 bridgehead atoms. The topological polar surface area (TPSA) is 46.9 Å². The number of imidazole rings is 1. The molecule has 1 aromatic heterocycles. The Kier molecular flexibility index (Phi) is 4.78. The Morgan fingerprint density at radius 3 is 2.69 bits per heavy atom. The van der Waals surface area contributed by atoms with Gasteiger partial charge in [-0.25, -0.2) is 9.37 Å². The van der Waals surface area contributed by atoms with Crippen molar-refractivity contribution in [3.05, 3.63) is 42.0 Å². The summed E-state index contributed by atoms with van der Waals surface area (Å²) in [5, 5.41) is 3.92. The normalized spacial score (nSPS) is 25.4. The number of benzene rings is 1. The predicted molar refractivity (Wildman–Crippen MR) is 101 cm³/mol. The van der Waals surface area contributed by atoms with Crippen LogP contribution in [0.25, 0.3) is 5.69 Å². The SMILES string of the molecule is CSc1ncc(C(=O)N[C@@H](C)[C@@H]2C[C@H]3CC[C@H]2C3)n1-c1ccc(F)cc1. The number of carbonyl (C=O) groups excluding carboxylic acids is 1. The minimum Gasteiger partial charge on any atom is -0.348 e. The Bertz CT molecular complexity index is 804. The molecule has 0 saturated heterocycles. The average Bonchev–Trinajstić information content (AvgIpc) is 3.37. The van der Waals surface area contributed by atoms with Crippen molar-refractivity contribution in [3.63, 3.8) is 0 Å². The van der Waals surface area contributed by atoms with Crippen molar-refractivity contribution in [1.29, 1.82) is 0 Å². The Morgan fingerprint density at radius 1 is 1.31 bits per heavy atom. The first-order chi connectivity index (χ1) is 12.6. The lowest BCUT2D eigenvalue weighted by molar-refractivity contribution is 0.0907. The molecule has 2 aliphatic rings. The summed E-state index contributed by atoms with van der Waals surface area (Å²) in [7, 11) is 0. The van der Waals surface area contributed by atoms with Crippen LogP contribution in [0.1, 0.15) is 43.1 Å². The molecule has 0 unspecified atom stereocenters. The van der Waals surface area contributed by atoms with Crippen LogP contribution in [0.15, 0.2) is 35.6 Å². The number of thioether (sulfide) groups is 1. The maximum atomic E-state index is 13.3. The molecule has 0 aliphatic heterocycles. The maximum Gasteiger partial charge on any atom is 0.270 e. The lowest BCUT2D eigenvalue weighted by atomic mass is 9.84. The fourth-order valence-corrected chi connectivity index (χ4v) is 5.32. The second-order valence-electron chi connectivity index (χ2n) is 7.54. The van der Waals surface area contributed by atoms with Gasteiger partial charge in [0.05, 0.1) is 6.20 Å². The maximum absolute atomic E-state index is 13.3. The van der Waals surface area contributed by atoms with Gasteiger partial charge < -0.3 is 5.32 Å². The van der Waals surface area contributed by atoms with E-state index in [1.54, 1.807) is 22.9 Å². The van der Waals surface area contributed by atoms with Gasteiger partial charge >= 0.3 is 0 Å². The van der Waals surface area contributed by atoms with Gasteiger partial charge in [-0.3, -0.25) is 9.36 Å². The first-order valence-electron chi connectivity index (χ1n) is 9.25. The molecule has 2 saturated carbocycles. The van der Waals surface area contributed by atoms with Crippen LogP contribution >= 0.6 is 11.8 Å². The quantitative estimate of drug-likeness (QED) is 0.796. The van der Waals surface area contributed by atoms with Gasteiger partial charge in [0.2, 0.25) is 0 Å². The third kappa shape index (κ3) is 3.15. The number of carbonyl (C=O) groups is 1. The highest BCUT2D eigenvalue weighted by molar-refractivity contribution is 7.98. The summed E-state index contributed by atoms with van der Waals surface area (Å²) in [6.45, 7) is 2.12. The van der Waals surface area contributed by atoms with Crippen LogP contribution in [0.3, 0.4) is 0 Å². The largest absolute Gasteiger partial charge is 0.348 e. The third-order valence-corrected chi connectivity index (χ3v) is 6.68. The molecule has 6 heteroatoms. The molecule has 0 spiro atoms. The van der Waals surface area contributed by atoms with E-state index in [-0.39, 0.29) is 17.8 Å². The Hall–Kier alpha value is -1.82. The van der Waals surface area contributed by atoms with Crippen molar-refractivity contribution in [3.8, 4) is 5.69 Å². The van der Waals surface area contributed by atoms with Crippen molar-refractivity contribution in [1.82, 2.24) is 14.9 Å². The van der Waals surface area contributed by atoms with Crippen molar-refractivity contribution < 1.29 is 9.18 Å². The number of nitrogens with zero attached hydrogens (tertiary/aromatic N) is 2. The van der Waals surface area contributed by atoms with Crippen LogP contribution in [-0.4, -0.2) is 27.8 Å². The van der Waals surface area contributed by atoms with E-state index in [1.807, 2.05) is 6.26 Å². The van der Waals surface area contributed by atoms with Crippen molar-refractivity contribution in [2.75, 3.05) is 6.26 Å². The third-order valence-electron chi connectivity index (χ3n) is 6.02. The summed E-state index contributed by atoms with van der Waals surface area (Å²) in [6.07, 6.45) is 8.75. The van der Waals surface area contributed by atoms with E-state index in [2.05, 4.69) is 17.2 Å². The van der Waals surface area contributed by atoms with E-state index >= 15 is 0 Å². The van der Waals surface area contributed by atoms with E-state index in [0.717, 1.165) is 17.5 Å². The molecule has 4 rings (SSSR count). The van der Waals surface area contributed by atoms with Gasteiger partial charge in [0.1, 0.15) is 11.5 Å². The molecule has 2 fully saturated rings. The summed E-state index contributed by atoms with van der Waals surface area (Å²) < 4.78 is 15.1. The molecule has 2 aromatic rings. The van der Waals surface area contributed by atoms with Gasteiger partial charge in [-0.1, -0.05) is 18.2 Å². The Morgan fingerprint density at radius 2 is 2.08 bits per heavy atom. The molecular weight excluding hydrogens is 349 g/mol. The predicted octanol–water partition coefficient (Wildman–Crippen LogP) is 4.29. The van der Waals surface area contributed by atoms with Gasteiger partial charge in [-0.2, -0.15) is 0 Å². The van der Waals surface area contributed by atoms with Gasteiger partial charge in [0.15, 0.2) is 5.16 Å². The average molecular weight is 373 g/mol. The minimum absolute atomic E-state index is 0.114. The number of hydrogen-bond donors (Lipinski definition) is 1. The number of amides is 1. The summed E-state index contributed by atoms with van der Waals surface area (Å²) in [5.41, 5.74) is 1.24. The molecule has 0 radical (unpaired) electrons. The molecule has 4 atom stereocenters. The lowest BCUT2D eigenvalue weighted by Gasteiger charge is -2.28. The van der Waals surface area contributed by atoms with Crippen molar-refractivity contribution >= 4 is 17.7 Å². The van der Waals surface area contributed by atoms with Gasteiger partial charge in [-0.15, -0.1) is 0 Å². The molecule has 1 N–H and O–H groups in total. The highest BCUT2D eigenvalue weighted by Gasteiger charge is 2.42. The van der Waals surface area contributed by atoms with Gasteiger partial charge in [0.25, 0.3) is 5.91 Å². The first-order valence-corrected chi connectivity index (χ1v) is 10.5.